The Hall–Kier alpha value is -3.93. The Bertz CT molecular complexity index is 1300. The molecule has 2 heterocycles. The Labute approximate surface area is 159 Å². The summed E-state index contributed by atoms with van der Waals surface area (Å²) in [7, 11) is 0. The number of amides is 1. The molecule has 0 aliphatic carbocycles. The number of hydrogen-bond donors (Lipinski definition) is 3. The molecule has 0 bridgehead atoms. The lowest BCUT2D eigenvalue weighted by Crippen LogP contribution is -2.24. The van der Waals surface area contributed by atoms with Gasteiger partial charge in [-0.3, -0.25) is 14.4 Å². The van der Waals surface area contributed by atoms with Gasteiger partial charge in [0.15, 0.2) is 5.43 Å². The smallest absolute Gasteiger partial charge is 0.261 e. The summed E-state index contributed by atoms with van der Waals surface area (Å²) in [6.45, 7) is 1.80. The molecule has 4 rings (SSSR count). The fourth-order valence-electron chi connectivity index (χ4n) is 3.16. The molecular weight excluding hydrogens is 354 g/mol. The first-order valence-corrected chi connectivity index (χ1v) is 8.75. The SMILES string of the molecule is Cc1[nH]c(=O)c(C(=O)Nc2ccc3c(=O)cc[nH]c3c2)cc1-c1ccccc1. The molecule has 0 radical (unpaired) electrons. The minimum Gasteiger partial charge on any atom is -0.361 e. The molecule has 2 aromatic heterocycles. The average molecular weight is 371 g/mol. The number of H-pyrrole nitrogens is 2. The normalized spacial score (nSPS) is 10.8. The summed E-state index contributed by atoms with van der Waals surface area (Å²) in [5.74, 6) is -0.518. The highest BCUT2D eigenvalue weighted by Gasteiger charge is 2.15. The van der Waals surface area contributed by atoms with Gasteiger partial charge in [0.05, 0.1) is 5.52 Å². The van der Waals surface area contributed by atoms with E-state index in [9.17, 15) is 14.4 Å². The highest BCUT2D eigenvalue weighted by atomic mass is 16.2. The van der Waals surface area contributed by atoms with Gasteiger partial charge in [0.25, 0.3) is 11.5 Å². The maximum Gasteiger partial charge on any atom is 0.261 e. The van der Waals surface area contributed by atoms with Crippen LogP contribution in [0.3, 0.4) is 0 Å². The van der Waals surface area contributed by atoms with Crippen LogP contribution in [0.15, 0.2) is 76.4 Å². The molecule has 0 atom stereocenters. The first-order valence-electron chi connectivity index (χ1n) is 8.75. The largest absolute Gasteiger partial charge is 0.361 e. The summed E-state index contributed by atoms with van der Waals surface area (Å²) < 4.78 is 0. The monoisotopic (exact) mass is 371 g/mol. The van der Waals surface area contributed by atoms with Gasteiger partial charge in [0.1, 0.15) is 5.56 Å². The third kappa shape index (κ3) is 3.23. The lowest BCUT2D eigenvalue weighted by Gasteiger charge is -2.10. The van der Waals surface area contributed by atoms with Crippen molar-refractivity contribution in [2.75, 3.05) is 5.32 Å². The molecular formula is C22H17N3O3. The minimum atomic E-state index is -0.518. The van der Waals surface area contributed by atoms with Crippen LogP contribution < -0.4 is 16.3 Å². The highest BCUT2D eigenvalue weighted by Crippen LogP contribution is 2.22. The predicted molar refractivity (Wildman–Crippen MR) is 110 cm³/mol. The van der Waals surface area contributed by atoms with Gasteiger partial charge >= 0.3 is 0 Å². The summed E-state index contributed by atoms with van der Waals surface area (Å²) >= 11 is 0. The number of carbonyl (C=O) groups is 1. The Balaban J connectivity index is 1.70. The van der Waals surface area contributed by atoms with Gasteiger partial charge in [0, 0.05) is 34.6 Å². The molecule has 0 saturated carbocycles. The maximum absolute atomic E-state index is 12.7. The van der Waals surface area contributed by atoms with Crippen LogP contribution in [0.1, 0.15) is 16.1 Å². The van der Waals surface area contributed by atoms with E-state index in [0.717, 1.165) is 11.1 Å². The third-order valence-electron chi connectivity index (χ3n) is 4.58. The van der Waals surface area contributed by atoms with Crippen LogP contribution in [0.5, 0.6) is 0 Å². The standard InChI is InChI=1S/C22H17N3O3/c1-13-17(14-5-3-2-4-6-14)12-18(21(27)24-13)22(28)25-15-7-8-16-19(11-15)23-10-9-20(16)26/h2-12H,1H3,(H,23,26)(H,24,27)(H,25,28). The number of aryl methyl sites for hydroxylation is 1. The van der Waals surface area contributed by atoms with E-state index in [4.69, 9.17) is 0 Å². The molecule has 138 valence electrons. The van der Waals surface area contributed by atoms with Gasteiger partial charge in [-0.05, 0) is 36.8 Å². The molecule has 2 aromatic carbocycles. The van der Waals surface area contributed by atoms with Crippen LogP contribution in [-0.4, -0.2) is 15.9 Å². The average Bonchev–Trinajstić information content (AvgIpc) is 2.69. The van der Waals surface area contributed by atoms with E-state index in [0.29, 0.717) is 22.3 Å². The Morgan fingerprint density at radius 1 is 0.964 bits per heavy atom. The summed E-state index contributed by atoms with van der Waals surface area (Å²) in [5.41, 5.74) is 2.94. The summed E-state index contributed by atoms with van der Waals surface area (Å²) in [4.78, 5) is 42.6. The summed E-state index contributed by atoms with van der Waals surface area (Å²) in [6.07, 6.45) is 1.55. The second-order valence-corrected chi connectivity index (χ2v) is 6.47. The van der Waals surface area contributed by atoms with Gasteiger partial charge in [0.2, 0.25) is 0 Å². The minimum absolute atomic E-state index is 0.0195. The molecule has 3 N–H and O–H groups in total. The molecule has 0 fully saturated rings. The number of pyridine rings is 2. The van der Waals surface area contributed by atoms with Crippen LogP contribution in [0, 0.1) is 6.92 Å². The van der Waals surface area contributed by atoms with Crippen molar-refractivity contribution >= 4 is 22.5 Å². The number of benzene rings is 2. The van der Waals surface area contributed by atoms with Gasteiger partial charge in [-0.2, -0.15) is 0 Å². The Morgan fingerprint density at radius 3 is 2.54 bits per heavy atom. The molecule has 28 heavy (non-hydrogen) atoms. The molecule has 1 amide bonds. The number of hydrogen-bond acceptors (Lipinski definition) is 3. The molecule has 0 saturated heterocycles. The van der Waals surface area contributed by atoms with Gasteiger partial charge < -0.3 is 15.3 Å². The quantitative estimate of drug-likeness (QED) is 0.515. The topological polar surface area (TPSA) is 94.8 Å². The lowest BCUT2D eigenvalue weighted by molar-refractivity contribution is 0.102. The number of nitrogens with one attached hydrogen (secondary N) is 3. The molecule has 0 aliphatic rings. The lowest BCUT2D eigenvalue weighted by atomic mass is 10.0. The van der Waals surface area contributed by atoms with Crippen LogP contribution in [0.2, 0.25) is 0 Å². The number of aromatic nitrogens is 2. The number of rotatable bonds is 3. The number of anilines is 1. The van der Waals surface area contributed by atoms with E-state index in [1.54, 1.807) is 37.4 Å². The van der Waals surface area contributed by atoms with Crippen molar-refractivity contribution in [3.8, 4) is 11.1 Å². The molecule has 6 heteroatoms. The molecule has 4 aromatic rings. The van der Waals surface area contributed by atoms with Crippen molar-refractivity contribution in [2.24, 2.45) is 0 Å². The van der Waals surface area contributed by atoms with E-state index >= 15 is 0 Å². The second-order valence-electron chi connectivity index (χ2n) is 6.47. The molecule has 6 nitrogen and oxygen atoms in total. The van der Waals surface area contributed by atoms with Crippen molar-refractivity contribution in [1.29, 1.82) is 0 Å². The van der Waals surface area contributed by atoms with Gasteiger partial charge in [-0.25, -0.2) is 0 Å². The predicted octanol–water partition coefficient (Wildman–Crippen LogP) is 3.44. The van der Waals surface area contributed by atoms with E-state index in [-0.39, 0.29) is 11.0 Å². The third-order valence-corrected chi connectivity index (χ3v) is 4.58. The second kappa shape index (κ2) is 7.00. The molecule has 0 unspecified atom stereocenters. The van der Waals surface area contributed by atoms with Crippen molar-refractivity contribution in [3.63, 3.8) is 0 Å². The van der Waals surface area contributed by atoms with Crippen LogP contribution in [0.4, 0.5) is 5.69 Å². The van der Waals surface area contributed by atoms with E-state index in [1.807, 2.05) is 30.3 Å². The van der Waals surface area contributed by atoms with E-state index in [2.05, 4.69) is 15.3 Å². The first kappa shape index (κ1) is 17.5. The fourth-order valence-corrected chi connectivity index (χ4v) is 3.16. The summed E-state index contributed by atoms with van der Waals surface area (Å²) in [5, 5.41) is 3.26. The van der Waals surface area contributed by atoms with Crippen LogP contribution in [0.25, 0.3) is 22.0 Å². The van der Waals surface area contributed by atoms with Crippen molar-refractivity contribution in [3.05, 3.63) is 98.7 Å². The zero-order chi connectivity index (χ0) is 19.7. The van der Waals surface area contributed by atoms with Crippen LogP contribution in [-0.2, 0) is 0 Å². The van der Waals surface area contributed by atoms with E-state index < -0.39 is 11.5 Å². The van der Waals surface area contributed by atoms with Gasteiger partial charge in [-0.1, -0.05) is 30.3 Å². The molecule has 0 aliphatic heterocycles. The molecule has 0 spiro atoms. The number of fused-ring (bicyclic) bond motifs is 1. The first-order chi connectivity index (χ1) is 13.5. The van der Waals surface area contributed by atoms with E-state index in [1.165, 1.54) is 6.07 Å². The van der Waals surface area contributed by atoms with Crippen molar-refractivity contribution in [2.45, 2.75) is 6.92 Å². The van der Waals surface area contributed by atoms with Crippen molar-refractivity contribution in [1.82, 2.24) is 9.97 Å². The van der Waals surface area contributed by atoms with Crippen molar-refractivity contribution < 1.29 is 4.79 Å². The fraction of sp³-hybridized carbons (Fsp3) is 0.0455. The zero-order valence-corrected chi connectivity index (χ0v) is 15.1. The van der Waals surface area contributed by atoms with Gasteiger partial charge in [-0.15, -0.1) is 0 Å². The maximum atomic E-state index is 12.7. The highest BCUT2D eigenvalue weighted by molar-refractivity contribution is 6.05. The summed E-state index contributed by atoms with van der Waals surface area (Å²) in [6, 6.07) is 17.5. The Morgan fingerprint density at radius 2 is 1.75 bits per heavy atom. The van der Waals surface area contributed by atoms with Crippen LogP contribution >= 0.6 is 0 Å². The number of aromatic amines is 2. The Kier molecular flexibility index (Phi) is 4.37. The zero-order valence-electron chi connectivity index (χ0n) is 15.1. The number of carbonyl (C=O) groups excluding carboxylic acids is 1.